The Bertz CT molecular complexity index is 391. The molecule has 1 fully saturated rings. The second-order valence-electron chi connectivity index (χ2n) is 6.47. The van der Waals surface area contributed by atoms with Gasteiger partial charge in [-0.2, -0.15) is 0 Å². The predicted octanol–water partition coefficient (Wildman–Crippen LogP) is 3.67. The van der Waals surface area contributed by atoms with Crippen molar-refractivity contribution in [1.29, 1.82) is 0 Å². The molecule has 0 bridgehead atoms. The minimum Gasteiger partial charge on any atom is -0.460 e. The van der Waals surface area contributed by atoms with Gasteiger partial charge < -0.3 is 4.74 Å². The average molecular weight is 278 g/mol. The van der Waals surface area contributed by atoms with Gasteiger partial charge in [0.25, 0.3) is 0 Å². The number of ether oxygens (including phenoxy) is 1. The number of Topliss-reactive ketones (excluding diaryl/α,β-unsaturated/α-hetero) is 1. The molecule has 0 heterocycles. The fourth-order valence-electron chi connectivity index (χ4n) is 3.36. The number of hydrogen-bond acceptors (Lipinski definition) is 3. The van der Waals surface area contributed by atoms with Gasteiger partial charge in [0.05, 0.1) is 6.61 Å². The molecule has 0 amide bonds. The first kappa shape index (κ1) is 15.3. The van der Waals surface area contributed by atoms with Crippen molar-refractivity contribution in [2.45, 2.75) is 58.8 Å². The van der Waals surface area contributed by atoms with Gasteiger partial charge in [0.15, 0.2) is 0 Å². The summed E-state index contributed by atoms with van der Waals surface area (Å²) >= 11 is 0. The van der Waals surface area contributed by atoms with Gasteiger partial charge in [0.2, 0.25) is 5.78 Å². The van der Waals surface area contributed by atoms with E-state index in [9.17, 15) is 9.59 Å². The summed E-state index contributed by atoms with van der Waals surface area (Å²) in [4.78, 5) is 23.9. The van der Waals surface area contributed by atoms with Crippen LogP contribution >= 0.6 is 0 Å². The minimum absolute atomic E-state index is 0.0813. The molecular weight excluding hydrogens is 252 g/mol. The first-order chi connectivity index (χ1) is 9.58. The fraction of sp³-hybridized carbons (Fsp3) is 0.765. The van der Waals surface area contributed by atoms with E-state index in [0.29, 0.717) is 18.4 Å². The van der Waals surface area contributed by atoms with Crippen molar-refractivity contribution in [1.82, 2.24) is 0 Å². The summed E-state index contributed by atoms with van der Waals surface area (Å²) in [6, 6.07) is 0. The van der Waals surface area contributed by atoms with E-state index in [-0.39, 0.29) is 11.7 Å². The predicted molar refractivity (Wildman–Crippen MR) is 78.2 cm³/mol. The van der Waals surface area contributed by atoms with Crippen LogP contribution in [0.5, 0.6) is 0 Å². The third-order valence-corrected chi connectivity index (χ3v) is 4.81. The minimum atomic E-state index is -0.602. The molecule has 2 aliphatic carbocycles. The molecule has 2 atom stereocenters. The molecule has 0 N–H and O–H groups in total. The van der Waals surface area contributed by atoms with E-state index in [1.54, 1.807) is 0 Å². The Morgan fingerprint density at radius 1 is 1.20 bits per heavy atom. The highest BCUT2D eigenvalue weighted by Gasteiger charge is 2.29. The zero-order valence-electron chi connectivity index (χ0n) is 12.7. The average Bonchev–Trinajstić information content (AvgIpc) is 2.46. The molecule has 2 rings (SSSR count). The summed E-state index contributed by atoms with van der Waals surface area (Å²) in [5.41, 5.74) is 1.42. The van der Waals surface area contributed by atoms with E-state index in [1.807, 2.05) is 0 Å². The van der Waals surface area contributed by atoms with E-state index in [2.05, 4.69) is 19.9 Å². The summed E-state index contributed by atoms with van der Waals surface area (Å²) in [5, 5.41) is 0. The molecule has 0 aromatic carbocycles. The number of allylic oxidation sites excluding steroid dienone is 2. The molecule has 0 aromatic heterocycles. The zero-order valence-corrected chi connectivity index (χ0v) is 12.7. The molecule has 0 aliphatic heterocycles. The number of carbonyl (C=O) groups excluding carboxylic acids is 2. The Kier molecular flexibility index (Phi) is 5.38. The molecule has 2 aliphatic rings. The van der Waals surface area contributed by atoms with Crippen molar-refractivity contribution in [3.05, 3.63) is 11.6 Å². The van der Waals surface area contributed by atoms with Gasteiger partial charge in [0.1, 0.15) is 0 Å². The summed E-state index contributed by atoms with van der Waals surface area (Å²) in [6.45, 7) is 4.69. The summed E-state index contributed by atoms with van der Waals surface area (Å²) in [6.07, 6.45) is 9.40. The van der Waals surface area contributed by atoms with Crippen molar-refractivity contribution in [2.75, 3.05) is 6.61 Å². The summed E-state index contributed by atoms with van der Waals surface area (Å²) in [7, 11) is 0. The second-order valence-corrected chi connectivity index (χ2v) is 6.47. The van der Waals surface area contributed by atoms with Gasteiger partial charge in [-0.05, 0) is 44.4 Å². The molecular formula is C17H26O3. The molecule has 20 heavy (non-hydrogen) atoms. The van der Waals surface area contributed by atoms with Crippen molar-refractivity contribution in [2.24, 2.45) is 17.8 Å². The number of carbonyl (C=O) groups is 2. The van der Waals surface area contributed by atoms with Gasteiger partial charge in [-0.1, -0.05) is 37.8 Å². The highest BCUT2D eigenvalue weighted by Crippen LogP contribution is 2.29. The van der Waals surface area contributed by atoms with Crippen molar-refractivity contribution < 1.29 is 14.3 Å². The number of rotatable bonds is 4. The van der Waals surface area contributed by atoms with E-state index < -0.39 is 5.97 Å². The van der Waals surface area contributed by atoms with Crippen molar-refractivity contribution >= 4 is 11.8 Å². The van der Waals surface area contributed by atoms with E-state index >= 15 is 0 Å². The van der Waals surface area contributed by atoms with Gasteiger partial charge >= 0.3 is 5.97 Å². The lowest BCUT2D eigenvalue weighted by molar-refractivity contribution is -0.157. The topological polar surface area (TPSA) is 43.4 Å². The van der Waals surface area contributed by atoms with E-state index in [4.69, 9.17) is 4.74 Å². The van der Waals surface area contributed by atoms with Crippen LogP contribution < -0.4 is 0 Å². The lowest BCUT2D eigenvalue weighted by Crippen LogP contribution is -2.30. The molecule has 0 aromatic rings. The molecule has 3 nitrogen and oxygen atoms in total. The van der Waals surface area contributed by atoms with Gasteiger partial charge in [0, 0.05) is 5.92 Å². The molecule has 112 valence electrons. The molecule has 3 heteroatoms. The Morgan fingerprint density at radius 2 is 1.90 bits per heavy atom. The Morgan fingerprint density at radius 3 is 2.55 bits per heavy atom. The second kappa shape index (κ2) is 7.05. The standard InChI is InChI=1S/C17H26O3/c1-12-8-9-15(13(2)10-12)11-20-17(19)16(18)14-6-4-3-5-7-14/h10,13-15H,3-9,11H2,1-2H3. The number of esters is 1. The SMILES string of the molecule is CC1=CC(C)C(COC(=O)C(=O)C2CCCCC2)CC1. The number of hydrogen-bond donors (Lipinski definition) is 0. The van der Waals surface area contributed by atoms with Crippen LogP contribution in [-0.2, 0) is 14.3 Å². The first-order valence-corrected chi connectivity index (χ1v) is 7.96. The maximum atomic E-state index is 12.0. The van der Waals surface area contributed by atoms with Crippen molar-refractivity contribution in [3.63, 3.8) is 0 Å². The van der Waals surface area contributed by atoms with Crippen LogP contribution in [0, 0.1) is 17.8 Å². The normalized spacial score (nSPS) is 27.8. The zero-order chi connectivity index (χ0) is 14.5. The van der Waals surface area contributed by atoms with Gasteiger partial charge in [-0.3, -0.25) is 4.79 Å². The van der Waals surface area contributed by atoms with Crippen LogP contribution in [0.25, 0.3) is 0 Å². The molecule has 0 spiro atoms. The lowest BCUT2D eigenvalue weighted by Gasteiger charge is -2.26. The van der Waals surface area contributed by atoms with E-state index in [0.717, 1.165) is 38.5 Å². The van der Waals surface area contributed by atoms with Crippen LogP contribution in [0.15, 0.2) is 11.6 Å². The number of ketones is 1. The van der Waals surface area contributed by atoms with Crippen LogP contribution in [0.4, 0.5) is 0 Å². The highest BCUT2D eigenvalue weighted by molar-refractivity contribution is 6.34. The van der Waals surface area contributed by atoms with Gasteiger partial charge in [-0.15, -0.1) is 0 Å². The molecule has 0 saturated heterocycles. The van der Waals surface area contributed by atoms with Gasteiger partial charge in [-0.25, -0.2) is 4.79 Å². The lowest BCUT2D eigenvalue weighted by atomic mass is 9.83. The van der Waals surface area contributed by atoms with Crippen LogP contribution in [0.3, 0.4) is 0 Å². The Hall–Kier alpha value is -1.12. The van der Waals surface area contributed by atoms with Crippen LogP contribution in [-0.4, -0.2) is 18.4 Å². The van der Waals surface area contributed by atoms with Crippen LogP contribution in [0.2, 0.25) is 0 Å². The molecule has 1 saturated carbocycles. The molecule has 0 radical (unpaired) electrons. The third kappa shape index (κ3) is 3.94. The Labute approximate surface area is 121 Å². The first-order valence-electron chi connectivity index (χ1n) is 7.96. The third-order valence-electron chi connectivity index (χ3n) is 4.81. The highest BCUT2D eigenvalue weighted by atomic mass is 16.5. The Balaban J connectivity index is 1.78. The smallest absolute Gasteiger partial charge is 0.374 e. The fourth-order valence-corrected chi connectivity index (χ4v) is 3.36. The van der Waals surface area contributed by atoms with Crippen molar-refractivity contribution in [3.8, 4) is 0 Å². The molecule has 2 unspecified atom stereocenters. The largest absolute Gasteiger partial charge is 0.460 e. The maximum absolute atomic E-state index is 12.0. The summed E-state index contributed by atoms with van der Waals surface area (Å²) < 4.78 is 5.28. The van der Waals surface area contributed by atoms with Crippen LogP contribution in [0.1, 0.15) is 58.8 Å². The quantitative estimate of drug-likeness (QED) is 0.447. The summed E-state index contributed by atoms with van der Waals surface area (Å²) in [5.74, 6) is -0.180. The maximum Gasteiger partial charge on any atom is 0.374 e. The monoisotopic (exact) mass is 278 g/mol. The van der Waals surface area contributed by atoms with E-state index in [1.165, 1.54) is 12.0 Å².